The van der Waals surface area contributed by atoms with Gasteiger partial charge in [0, 0.05) is 4.88 Å². The van der Waals surface area contributed by atoms with Crippen LogP contribution in [0.25, 0.3) is 10.8 Å². The molecule has 4 rings (SSSR count). The normalized spacial score (nSPS) is 19.5. The summed E-state index contributed by atoms with van der Waals surface area (Å²) in [5, 5.41) is 14.3. The van der Waals surface area contributed by atoms with Crippen LogP contribution in [0, 0.1) is 6.92 Å². The fourth-order valence-electron chi connectivity index (χ4n) is 4.06. The minimum Gasteiger partial charge on any atom is -0.480 e. The van der Waals surface area contributed by atoms with Gasteiger partial charge in [-0.3, -0.25) is 9.69 Å². The van der Waals surface area contributed by atoms with Crippen LogP contribution in [0.1, 0.15) is 41.3 Å². The van der Waals surface area contributed by atoms with Crippen molar-refractivity contribution in [3.63, 3.8) is 0 Å². The molecule has 0 saturated carbocycles. The lowest BCUT2D eigenvalue weighted by molar-refractivity contribution is -0.145. The summed E-state index contributed by atoms with van der Waals surface area (Å²) in [5.41, 5.74) is 2.42. The molecule has 0 amide bonds. The summed E-state index contributed by atoms with van der Waals surface area (Å²) in [4.78, 5) is 15.4. The van der Waals surface area contributed by atoms with Gasteiger partial charge in [0.1, 0.15) is 6.04 Å². The van der Waals surface area contributed by atoms with Crippen molar-refractivity contribution in [3.8, 4) is 0 Å². The van der Waals surface area contributed by atoms with Gasteiger partial charge in [0.05, 0.1) is 6.04 Å². The number of carboxylic acids is 1. The van der Waals surface area contributed by atoms with E-state index < -0.39 is 12.0 Å². The standard InChI is InChI=1S/C22H23NO2S/c1-15-11-13-26-21(15)20(23-12-5-4-8-19(23)22(24)25)18-10-9-16-6-2-3-7-17(16)14-18/h2-3,6-7,9-11,13-14,19-20H,4-5,8,12H2,1H3,(H,24,25). The molecule has 4 heteroatoms. The van der Waals surface area contributed by atoms with Crippen molar-refractivity contribution >= 4 is 28.1 Å². The molecule has 0 radical (unpaired) electrons. The second-order valence-electron chi connectivity index (χ2n) is 7.06. The first-order chi connectivity index (χ1) is 12.6. The Kier molecular flexibility index (Phi) is 4.79. The molecular formula is C22H23NO2S. The van der Waals surface area contributed by atoms with Gasteiger partial charge in [0.2, 0.25) is 0 Å². The van der Waals surface area contributed by atoms with E-state index in [1.165, 1.54) is 26.8 Å². The Bertz CT molecular complexity index is 933. The number of fused-ring (bicyclic) bond motifs is 1. The fraction of sp³-hybridized carbons (Fsp3) is 0.318. The van der Waals surface area contributed by atoms with E-state index in [0.29, 0.717) is 0 Å². The number of aliphatic carboxylic acids is 1. The molecule has 2 heterocycles. The Hall–Kier alpha value is -2.17. The van der Waals surface area contributed by atoms with E-state index in [4.69, 9.17) is 0 Å². The number of thiophene rings is 1. The van der Waals surface area contributed by atoms with Crippen LogP contribution in [-0.4, -0.2) is 28.6 Å². The number of aryl methyl sites for hydroxylation is 1. The van der Waals surface area contributed by atoms with E-state index in [2.05, 4.69) is 59.7 Å². The predicted octanol–water partition coefficient (Wildman–Crippen LogP) is 5.24. The van der Waals surface area contributed by atoms with Gasteiger partial charge >= 0.3 is 5.97 Å². The molecule has 0 spiro atoms. The van der Waals surface area contributed by atoms with Crippen LogP contribution in [0.4, 0.5) is 0 Å². The van der Waals surface area contributed by atoms with Gasteiger partial charge in [-0.1, -0.05) is 42.8 Å². The van der Waals surface area contributed by atoms with Crippen LogP contribution in [0.3, 0.4) is 0 Å². The van der Waals surface area contributed by atoms with E-state index in [1.807, 2.05) is 6.07 Å². The third-order valence-corrected chi connectivity index (χ3v) is 6.47. The Morgan fingerprint density at radius 2 is 1.96 bits per heavy atom. The average Bonchev–Trinajstić information content (AvgIpc) is 3.08. The maximum Gasteiger partial charge on any atom is 0.320 e. The average molecular weight is 365 g/mol. The topological polar surface area (TPSA) is 40.5 Å². The number of piperidine rings is 1. The highest BCUT2D eigenvalue weighted by Crippen LogP contribution is 2.39. The number of hydrogen-bond donors (Lipinski definition) is 1. The van der Waals surface area contributed by atoms with Crippen molar-refractivity contribution < 1.29 is 9.90 Å². The molecule has 0 bridgehead atoms. The lowest BCUT2D eigenvalue weighted by Crippen LogP contribution is -2.46. The zero-order valence-corrected chi connectivity index (χ0v) is 15.7. The largest absolute Gasteiger partial charge is 0.480 e. The zero-order valence-electron chi connectivity index (χ0n) is 14.9. The lowest BCUT2D eigenvalue weighted by atomic mass is 9.93. The van der Waals surface area contributed by atoms with Gasteiger partial charge < -0.3 is 5.11 Å². The first-order valence-electron chi connectivity index (χ1n) is 9.16. The SMILES string of the molecule is Cc1ccsc1C(c1ccc2ccccc2c1)N1CCCCC1C(=O)O. The van der Waals surface area contributed by atoms with E-state index >= 15 is 0 Å². The number of benzene rings is 2. The van der Waals surface area contributed by atoms with Crippen molar-refractivity contribution in [2.75, 3.05) is 6.54 Å². The fourth-order valence-corrected chi connectivity index (χ4v) is 5.14. The Morgan fingerprint density at radius 1 is 1.15 bits per heavy atom. The van der Waals surface area contributed by atoms with Gasteiger partial charge in [-0.2, -0.15) is 0 Å². The number of nitrogens with zero attached hydrogens (tertiary/aromatic N) is 1. The summed E-state index contributed by atoms with van der Waals surface area (Å²) in [5.74, 6) is -0.704. The Labute approximate surface area is 157 Å². The molecule has 1 aliphatic heterocycles. The summed E-state index contributed by atoms with van der Waals surface area (Å²) in [6.45, 7) is 2.95. The van der Waals surface area contributed by atoms with Crippen molar-refractivity contribution in [1.82, 2.24) is 4.90 Å². The molecule has 1 aliphatic rings. The van der Waals surface area contributed by atoms with Crippen molar-refractivity contribution in [2.45, 2.75) is 38.3 Å². The van der Waals surface area contributed by atoms with Crippen molar-refractivity contribution in [1.29, 1.82) is 0 Å². The number of likely N-dealkylation sites (tertiary alicyclic amines) is 1. The summed E-state index contributed by atoms with van der Waals surface area (Å²) < 4.78 is 0. The molecule has 26 heavy (non-hydrogen) atoms. The summed E-state index contributed by atoms with van der Waals surface area (Å²) in [6.07, 6.45) is 2.77. The highest BCUT2D eigenvalue weighted by Gasteiger charge is 2.36. The molecule has 2 aromatic carbocycles. The molecule has 1 N–H and O–H groups in total. The molecular weight excluding hydrogens is 342 g/mol. The summed E-state index contributed by atoms with van der Waals surface area (Å²) >= 11 is 1.73. The van der Waals surface area contributed by atoms with Gasteiger partial charge in [0.25, 0.3) is 0 Å². The summed E-state index contributed by atoms with van der Waals surface area (Å²) in [7, 11) is 0. The molecule has 1 aromatic heterocycles. The number of hydrogen-bond acceptors (Lipinski definition) is 3. The smallest absolute Gasteiger partial charge is 0.320 e. The maximum absolute atomic E-state index is 11.9. The number of carbonyl (C=O) groups is 1. The van der Waals surface area contributed by atoms with Crippen LogP contribution in [0.5, 0.6) is 0 Å². The zero-order chi connectivity index (χ0) is 18.1. The molecule has 1 fully saturated rings. The van der Waals surface area contributed by atoms with Gasteiger partial charge in [-0.25, -0.2) is 0 Å². The highest BCUT2D eigenvalue weighted by atomic mass is 32.1. The van der Waals surface area contributed by atoms with Crippen LogP contribution in [0.2, 0.25) is 0 Å². The van der Waals surface area contributed by atoms with Crippen LogP contribution < -0.4 is 0 Å². The summed E-state index contributed by atoms with van der Waals surface area (Å²) in [6, 6.07) is 16.6. The minimum atomic E-state index is -0.704. The van der Waals surface area contributed by atoms with Crippen LogP contribution >= 0.6 is 11.3 Å². The van der Waals surface area contributed by atoms with Gasteiger partial charge in [-0.15, -0.1) is 11.3 Å². The molecule has 3 aromatic rings. The van der Waals surface area contributed by atoms with E-state index in [9.17, 15) is 9.90 Å². The second kappa shape index (κ2) is 7.22. The van der Waals surface area contributed by atoms with Gasteiger partial charge in [-0.05, 0) is 65.7 Å². The molecule has 3 nitrogen and oxygen atoms in total. The highest BCUT2D eigenvalue weighted by molar-refractivity contribution is 7.10. The quantitative estimate of drug-likeness (QED) is 0.687. The van der Waals surface area contributed by atoms with E-state index in [0.717, 1.165) is 25.8 Å². The van der Waals surface area contributed by atoms with E-state index in [1.54, 1.807) is 11.3 Å². The predicted molar refractivity (Wildman–Crippen MR) is 107 cm³/mol. The van der Waals surface area contributed by atoms with Crippen molar-refractivity contribution in [2.24, 2.45) is 0 Å². The lowest BCUT2D eigenvalue weighted by Gasteiger charge is -2.39. The van der Waals surface area contributed by atoms with Gasteiger partial charge in [0.15, 0.2) is 0 Å². The second-order valence-corrected chi connectivity index (χ2v) is 8.01. The first-order valence-corrected chi connectivity index (χ1v) is 10.0. The Morgan fingerprint density at radius 3 is 2.69 bits per heavy atom. The molecule has 134 valence electrons. The molecule has 1 saturated heterocycles. The first kappa shape index (κ1) is 17.3. The molecule has 2 atom stereocenters. The monoisotopic (exact) mass is 365 g/mol. The molecule has 0 aliphatic carbocycles. The van der Waals surface area contributed by atoms with Crippen LogP contribution in [-0.2, 0) is 4.79 Å². The third kappa shape index (κ3) is 3.15. The number of carboxylic acid groups (broad SMARTS) is 1. The van der Waals surface area contributed by atoms with Crippen molar-refractivity contribution in [3.05, 3.63) is 69.9 Å². The third-order valence-electron chi connectivity index (χ3n) is 5.40. The molecule has 2 unspecified atom stereocenters. The number of rotatable bonds is 4. The maximum atomic E-state index is 11.9. The van der Waals surface area contributed by atoms with Crippen LogP contribution in [0.15, 0.2) is 53.9 Å². The van der Waals surface area contributed by atoms with E-state index in [-0.39, 0.29) is 6.04 Å². The Balaban J connectivity index is 1.84. The minimum absolute atomic E-state index is 0.000932.